The number of aliphatic hydroxyl groups excluding tert-OH is 3. The number of nitrogens with zero attached hydrogens (tertiary/aromatic N) is 2. The van der Waals surface area contributed by atoms with Crippen LogP contribution in [-0.2, 0) is 42.7 Å². The molecule has 9 N–H and O–H groups in total. The molecule has 6 amide bonds. The quantitative estimate of drug-likeness (QED) is 0.106. The van der Waals surface area contributed by atoms with E-state index in [1.54, 1.807) is 115 Å². The number of aliphatic hydroxyl groups is 4. The van der Waals surface area contributed by atoms with Gasteiger partial charge in [0, 0.05) is 44.7 Å². The van der Waals surface area contributed by atoms with Crippen molar-refractivity contribution in [3.05, 3.63) is 11.8 Å². The van der Waals surface area contributed by atoms with Gasteiger partial charge < -0.3 is 94.7 Å². The van der Waals surface area contributed by atoms with Crippen molar-refractivity contribution >= 4 is 36.4 Å². The van der Waals surface area contributed by atoms with E-state index in [1.807, 2.05) is 0 Å². The van der Waals surface area contributed by atoms with Crippen molar-refractivity contribution in [2.45, 2.75) is 244 Å². The standard InChI is InChI=1S/C53H93N7O18/c1-48(2,3)74-43(65)55-23-22-34(61)41(64)56-33-25-32(58-45(67)76-50(7,8)9)35(36(62)39(33)73-42-37(63)40(53(16,70)28-71-42)59(17)46(68)77-51(10,11)12)38-31(57-44(66)75-49(4,5)6)21-20-30(72-38)27-54-26-29-19-18-24-60(29)47(69)78-52(13,14)15/h20,29,31-40,42,54,61-63,70H,18-19,21-28H2,1-17H3,(H,55,65)(H,56,64)(H,57,66)(H,58,67)/t29?,31-,32+,33-,34+,35?,36+,37-,38+,39+,40-,42-,53+/m1/s1. The molecule has 1 saturated carbocycles. The lowest BCUT2D eigenvalue weighted by atomic mass is 9.72. The van der Waals surface area contributed by atoms with Crippen LogP contribution in [0.5, 0.6) is 0 Å². The third-order valence-corrected chi connectivity index (χ3v) is 12.7. The topological polar surface area (TPSA) is 324 Å². The zero-order valence-corrected chi connectivity index (χ0v) is 49.0. The summed E-state index contributed by atoms with van der Waals surface area (Å²) in [5, 5.41) is 62.3. The van der Waals surface area contributed by atoms with Crippen LogP contribution in [0.1, 0.15) is 143 Å². The second-order valence-corrected chi connectivity index (χ2v) is 25.9. The highest BCUT2D eigenvalue weighted by molar-refractivity contribution is 5.81. The molecule has 1 aliphatic carbocycles. The highest BCUT2D eigenvalue weighted by atomic mass is 16.7. The van der Waals surface area contributed by atoms with Crippen LogP contribution in [0.2, 0.25) is 0 Å². The van der Waals surface area contributed by atoms with Gasteiger partial charge in [-0.3, -0.25) is 4.79 Å². The SMILES string of the molecule is CN(C(=O)OC(C)(C)C)[C@@H]1[C@@H](O)[C@@H](O[C@H]2[C@H](NC(=O)[C@@H](O)CCNC(=O)OC(C)(C)C)C[C@H](NC(=O)OC(C)(C)C)C([C@H]3OC(CNCC4CCCN4C(=O)OC(C)(C)C)=CC[C@H]3NC(=O)OC(C)(C)C)[C@@H]2O)OC[C@]1(C)O. The van der Waals surface area contributed by atoms with Crippen LogP contribution in [0.15, 0.2) is 11.8 Å². The summed E-state index contributed by atoms with van der Waals surface area (Å²) < 4.78 is 47.1. The van der Waals surface area contributed by atoms with Crippen molar-refractivity contribution < 1.29 is 87.1 Å². The van der Waals surface area contributed by atoms with Crippen molar-refractivity contribution in [2.75, 3.05) is 39.8 Å². The number of hydrogen-bond donors (Lipinski definition) is 9. The minimum Gasteiger partial charge on any atom is -0.491 e. The van der Waals surface area contributed by atoms with Crippen molar-refractivity contribution in [1.29, 1.82) is 0 Å². The molecule has 4 rings (SSSR count). The first-order chi connectivity index (χ1) is 35.6. The molecule has 3 aliphatic heterocycles. The normalized spacial score (nSPS) is 29.4. The third-order valence-electron chi connectivity index (χ3n) is 12.7. The van der Waals surface area contributed by atoms with Crippen LogP contribution < -0.4 is 26.6 Å². The number of alkyl carbamates (subject to hydrolysis) is 3. The molecule has 25 heteroatoms. The molecular weight excluding hydrogens is 1020 g/mol. The number of hydrogen-bond acceptors (Lipinski definition) is 19. The maximum Gasteiger partial charge on any atom is 0.410 e. The van der Waals surface area contributed by atoms with Crippen LogP contribution in [0, 0.1) is 5.92 Å². The van der Waals surface area contributed by atoms with E-state index in [9.17, 15) is 49.2 Å². The predicted octanol–water partition coefficient (Wildman–Crippen LogP) is 3.67. The van der Waals surface area contributed by atoms with Gasteiger partial charge in [0.25, 0.3) is 0 Å². The fourth-order valence-electron chi connectivity index (χ4n) is 9.70. The Balaban J connectivity index is 1.79. The zero-order chi connectivity index (χ0) is 59.1. The van der Waals surface area contributed by atoms with Gasteiger partial charge in [0.1, 0.15) is 63.8 Å². The van der Waals surface area contributed by atoms with E-state index in [1.165, 1.54) is 14.0 Å². The smallest absolute Gasteiger partial charge is 0.410 e. The Labute approximate surface area is 459 Å². The highest BCUT2D eigenvalue weighted by Crippen LogP contribution is 2.39. The van der Waals surface area contributed by atoms with E-state index < -0.39 is 143 Å². The summed E-state index contributed by atoms with van der Waals surface area (Å²) in [4.78, 5) is 83.2. The Kier molecular flexibility index (Phi) is 22.0. The number of ether oxygens (including phenoxy) is 8. The van der Waals surface area contributed by atoms with Crippen LogP contribution >= 0.6 is 0 Å². The maximum absolute atomic E-state index is 14.0. The minimum absolute atomic E-state index is 0.115. The molecule has 0 radical (unpaired) electrons. The largest absolute Gasteiger partial charge is 0.491 e. The first-order valence-electron chi connectivity index (χ1n) is 27.0. The number of nitrogens with one attached hydrogen (secondary N) is 5. The van der Waals surface area contributed by atoms with Gasteiger partial charge in [0.2, 0.25) is 5.91 Å². The summed E-state index contributed by atoms with van der Waals surface area (Å²) in [6.07, 6.45) is -11.0. The number of carbonyl (C=O) groups is 6. The Hall–Kier alpha value is -4.92. The summed E-state index contributed by atoms with van der Waals surface area (Å²) in [7, 11) is 1.32. The van der Waals surface area contributed by atoms with Crippen LogP contribution in [0.4, 0.5) is 24.0 Å². The van der Waals surface area contributed by atoms with Crippen LogP contribution in [-0.4, -0.2) is 207 Å². The number of likely N-dealkylation sites (N-methyl/N-ethyl adjacent to an activating group) is 1. The second-order valence-electron chi connectivity index (χ2n) is 25.9. The van der Waals surface area contributed by atoms with E-state index in [2.05, 4.69) is 26.6 Å². The Morgan fingerprint density at radius 2 is 1.32 bits per heavy atom. The molecule has 4 aliphatic rings. The summed E-state index contributed by atoms with van der Waals surface area (Å²) in [6, 6.07) is -5.11. The third kappa shape index (κ3) is 20.3. The lowest BCUT2D eigenvalue weighted by molar-refractivity contribution is -0.305. The number of likely N-dealkylation sites (tertiary alicyclic amines) is 1. The van der Waals surface area contributed by atoms with Crippen molar-refractivity contribution in [3.63, 3.8) is 0 Å². The molecule has 0 bridgehead atoms. The van der Waals surface area contributed by atoms with Gasteiger partial charge in [-0.25, -0.2) is 24.0 Å². The Morgan fingerprint density at radius 1 is 0.769 bits per heavy atom. The van der Waals surface area contributed by atoms with Crippen LogP contribution in [0.3, 0.4) is 0 Å². The molecule has 2 unspecified atom stereocenters. The second kappa shape index (κ2) is 26.1. The molecule has 2 saturated heterocycles. The van der Waals surface area contributed by atoms with Crippen molar-refractivity contribution in [1.82, 2.24) is 36.4 Å². The highest BCUT2D eigenvalue weighted by Gasteiger charge is 2.57. The van der Waals surface area contributed by atoms with E-state index in [0.29, 0.717) is 18.8 Å². The van der Waals surface area contributed by atoms with E-state index >= 15 is 0 Å². The first-order valence-corrected chi connectivity index (χ1v) is 27.0. The molecule has 25 nitrogen and oxygen atoms in total. The summed E-state index contributed by atoms with van der Waals surface area (Å²) in [5.74, 6) is -1.87. The molecule has 0 aromatic heterocycles. The summed E-state index contributed by atoms with van der Waals surface area (Å²) >= 11 is 0. The number of amides is 6. The van der Waals surface area contributed by atoms with E-state index in [4.69, 9.17) is 37.9 Å². The fraction of sp³-hybridized carbons (Fsp3) is 0.849. The molecule has 0 aromatic carbocycles. The van der Waals surface area contributed by atoms with Gasteiger partial charge >= 0.3 is 30.5 Å². The zero-order valence-electron chi connectivity index (χ0n) is 49.0. The summed E-state index contributed by atoms with van der Waals surface area (Å²) in [6.45, 7) is 27.0. The minimum atomic E-state index is -1.88. The van der Waals surface area contributed by atoms with Gasteiger partial charge in [0.05, 0.1) is 37.4 Å². The summed E-state index contributed by atoms with van der Waals surface area (Å²) in [5.41, 5.74) is -6.30. The monoisotopic (exact) mass is 1120 g/mol. The average Bonchev–Trinajstić information content (AvgIpc) is 3.72. The molecule has 3 fully saturated rings. The predicted molar refractivity (Wildman–Crippen MR) is 283 cm³/mol. The molecule has 13 atom stereocenters. The molecule has 0 aromatic rings. The molecule has 448 valence electrons. The van der Waals surface area contributed by atoms with Crippen LogP contribution in [0.25, 0.3) is 0 Å². The van der Waals surface area contributed by atoms with Crippen molar-refractivity contribution in [3.8, 4) is 0 Å². The Bertz CT molecular complexity index is 2090. The number of carbonyl (C=O) groups excluding carboxylic acids is 6. The molecule has 78 heavy (non-hydrogen) atoms. The fourth-order valence-corrected chi connectivity index (χ4v) is 9.70. The first kappa shape index (κ1) is 65.6. The van der Waals surface area contributed by atoms with Gasteiger partial charge in [-0.2, -0.15) is 0 Å². The van der Waals surface area contributed by atoms with Gasteiger partial charge in [-0.05, 0) is 149 Å². The van der Waals surface area contributed by atoms with E-state index in [0.717, 1.165) is 17.7 Å². The molecular formula is C53H93N7O18. The molecule has 3 heterocycles. The lowest BCUT2D eigenvalue weighted by Crippen LogP contribution is -2.71. The van der Waals surface area contributed by atoms with Crippen molar-refractivity contribution in [2.24, 2.45) is 5.92 Å². The lowest BCUT2D eigenvalue weighted by Gasteiger charge is -2.52. The number of rotatable bonds is 15. The van der Waals surface area contributed by atoms with Gasteiger partial charge in [0.15, 0.2) is 6.29 Å². The van der Waals surface area contributed by atoms with Gasteiger partial charge in [-0.15, -0.1) is 0 Å². The average molecular weight is 1120 g/mol. The van der Waals surface area contributed by atoms with Gasteiger partial charge in [-0.1, -0.05) is 0 Å². The maximum atomic E-state index is 14.0. The molecule has 0 spiro atoms. The van der Waals surface area contributed by atoms with E-state index in [-0.39, 0.29) is 38.4 Å². The Morgan fingerprint density at radius 3 is 1.88 bits per heavy atom.